The van der Waals surface area contributed by atoms with Gasteiger partial charge in [0.15, 0.2) is 11.7 Å². The number of carbonyl (C=O) groups is 2. The second kappa shape index (κ2) is 6.64. The molecule has 0 radical (unpaired) electrons. The van der Waals surface area contributed by atoms with Crippen LogP contribution < -0.4 is 10.6 Å². The maximum absolute atomic E-state index is 11.9. The van der Waals surface area contributed by atoms with Crippen molar-refractivity contribution in [1.82, 2.24) is 25.6 Å². The Morgan fingerprint density at radius 1 is 1.48 bits per heavy atom. The van der Waals surface area contributed by atoms with Gasteiger partial charge in [-0.3, -0.25) is 4.79 Å². The molecule has 1 aliphatic heterocycles. The largest absolute Gasteiger partial charge is 0.480 e. The standard InChI is InChI=1S/C12H19N5O4/c1-7(18)10(12(20)21)14-11(19)9-6-17(16-15-9)8-2-4-13-5-3-8/h6-8,10,13,18H,2-5H2,1H3,(H,14,19)(H,20,21). The van der Waals surface area contributed by atoms with Crippen molar-refractivity contribution in [1.29, 1.82) is 0 Å². The number of aliphatic hydroxyl groups excluding tert-OH is 1. The van der Waals surface area contributed by atoms with Crippen molar-refractivity contribution < 1.29 is 19.8 Å². The van der Waals surface area contributed by atoms with Crippen LogP contribution in [0.3, 0.4) is 0 Å². The molecule has 1 amide bonds. The minimum absolute atomic E-state index is 0.0421. The van der Waals surface area contributed by atoms with Gasteiger partial charge in [0, 0.05) is 0 Å². The molecule has 1 saturated heterocycles. The van der Waals surface area contributed by atoms with Gasteiger partial charge in [-0.15, -0.1) is 5.10 Å². The molecule has 2 heterocycles. The molecule has 0 spiro atoms. The van der Waals surface area contributed by atoms with Crippen molar-refractivity contribution >= 4 is 11.9 Å². The molecule has 1 aromatic heterocycles. The van der Waals surface area contributed by atoms with E-state index in [2.05, 4.69) is 20.9 Å². The lowest BCUT2D eigenvalue weighted by molar-refractivity contribution is -0.141. The van der Waals surface area contributed by atoms with Crippen LogP contribution in [0.5, 0.6) is 0 Å². The molecule has 116 valence electrons. The zero-order chi connectivity index (χ0) is 15.4. The maximum Gasteiger partial charge on any atom is 0.328 e. The Kier molecular flexibility index (Phi) is 4.86. The number of aromatic nitrogens is 3. The fraction of sp³-hybridized carbons (Fsp3) is 0.667. The maximum atomic E-state index is 11.9. The van der Waals surface area contributed by atoms with Crippen molar-refractivity contribution in [2.24, 2.45) is 0 Å². The third-order valence-corrected chi connectivity index (χ3v) is 3.46. The Bertz CT molecular complexity index is 510. The third kappa shape index (κ3) is 3.76. The number of rotatable bonds is 5. The molecule has 2 unspecified atom stereocenters. The smallest absolute Gasteiger partial charge is 0.328 e. The van der Waals surface area contributed by atoms with Gasteiger partial charge in [-0.2, -0.15) is 0 Å². The summed E-state index contributed by atoms with van der Waals surface area (Å²) in [6.07, 6.45) is 2.10. The van der Waals surface area contributed by atoms with Crippen molar-refractivity contribution in [2.75, 3.05) is 13.1 Å². The van der Waals surface area contributed by atoms with Crippen molar-refractivity contribution in [3.05, 3.63) is 11.9 Å². The SMILES string of the molecule is CC(O)C(NC(=O)c1cn(C2CCNCC2)nn1)C(=O)O. The molecular formula is C12H19N5O4. The monoisotopic (exact) mass is 297 g/mol. The summed E-state index contributed by atoms with van der Waals surface area (Å²) in [6, 6.07) is -1.19. The van der Waals surface area contributed by atoms with Crippen molar-refractivity contribution in [2.45, 2.75) is 38.0 Å². The van der Waals surface area contributed by atoms with Crippen LogP contribution in [0.15, 0.2) is 6.20 Å². The molecule has 1 fully saturated rings. The Hall–Kier alpha value is -2.00. The van der Waals surface area contributed by atoms with Gasteiger partial charge < -0.3 is 20.8 Å². The lowest BCUT2D eigenvalue weighted by atomic mass is 10.1. The Morgan fingerprint density at radius 2 is 2.14 bits per heavy atom. The van der Waals surface area contributed by atoms with E-state index in [-0.39, 0.29) is 11.7 Å². The fourth-order valence-corrected chi connectivity index (χ4v) is 2.23. The predicted molar refractivity (Wildman–Crippen MR) is 71.7 cm³/mol. The lowest BCUT2D eigenvalue weighted by Crippen LogP contribution is -2.47. The number of carboxylic acids is 1. The van der Waals surface area contributed by atoms with E-state index in [0.29, 0.717) is 0 Å². The van der Waals surface area contributed by atoms with Crippen LogP contribution in [-0.4, -0.2) is 62.3 Å². The van der Waals surface area contributed by atoms with Crippen LogP contribution in [0, 0.1) is 0 Å². The first kappa shape index (κ1) is 15.4. The molecule has 9 heteroatoms. The number of aliphatic hydroxyl groups is 1. The molecule has 1 aromatic rings. The Morgan fingerprint density at radius 3 is 2.71 bits per heavy atom. The zero-order valence-corrected chi connectivity index (χ0v) is 11.7. The molecule has 9 nitrogen and oxygen atoms in total. The summed E-state index contributed by atoms with van der Waals surface area (Å²) in [6.45, 7) is 3.06. The number of carboxylic acid groups (broad SMARTS) is 1. The van der Waals surface area contributed by atoms with Crippen LogP contribution in [0.25, 0.3) is 0 Å². The van der Waals surface area contributed by atoms with Crippen LogP contribution in [0.2, 0.25) is 0 Å². The number of carbonyl (C=O) groups excluding carboxylic acids is 1. The Balaban J connectivity index is 2.02. The molecule has 0 aliphatic carbocycles. The van der Waals surface area contributed by atoms with E-state index >= 15 is 0 Å². The first-order chi connectivity index (χ1) is 9.99. The quantitative estimate of drug-likeness (QED) is 0.535. The van der Waals surface area contributed by atoms with Crippen LogP contribution in [0.4, 0.5) is 0 Å². The van der Waals surface area contributed by atoms with Gasteiger partial charge in [0.1, 0.15) is 0 Å². The van der Waals surface area contributed by atoms with Crippen molar-refractivity contribution in [3.63, 3.8) is 0 Å². The highest BCUT2D eigenvalue weighted by atomic mass is 16.4. The van der Waals surface area contributed by atoms with Gasteiger partial charge in [-0.1, -0.05) is 5.21 Å². The highest BCUT2D eigenvalue weighted by Crippen LogP contribution is 2.17. The first-order valence-electron chi connectivity index (χ1n) is 6.83. The van der Waals surface area contributed by atoms with Gasteiger partial charge >= 0.3 is 5.97 Å². The zero-order valence-electron chi connectivity index (χ0n) is 11.7. The van der Waals surface area contributed by atoms with Crippen molar-refractivity contribution in [3.8, 4) is 0 Å². The second-order valence-electron chi connectivity index (χ2n) is 5.09. The summed E-state index contributed by atoms with van der Waals surface area (Å²) in [5.74, 6) is -1.97. The molecule has 0 bridgehead atoms. The lowest BCUT2D eigenvalue weighted by Gasteiger charge is -2.22. The fourth-order valence-electron chi connectivity index (χ4n) is 2.23. The van der Waals surface area contributed by atoms with Crippen LogP contribution in [-0.2, 0) is 4.79 Å². The number of aliphatic carboxylic acids is 1. The third-order valence-electron chi connectivity index (χ3n) is 3.46. The van der Waals surface area contributed by atoms with E-state index in [4.69, 9.17) is 5.11 Å². The predicted octanol–water partition coefficient (Wildman–Crippen LogP) is -1.23. The van der Waals surface area contributed by atoms with Gasteiger partial charge in [-0.05, 0) is 32.9 Å². The van der Waals surface area contributed by atoms with Gasteiger partial charge in [0.05, 0.1) is 18.3 Å². The summed E-state index contributed by atoms with van der Waals surface area (Å²) < 4.78 is 1.63. The number of amides is 1. The van der Waals surface area contributed by atoms with E-state index in [9.17, 15) is 14.7 Å². The van der Waals surface area contributed by atoms with E-state index in [1.807, 2.05) is 0 Å². The van der Waals surface area contributed by atoms with Crippen LogP contribution >= 0.6 is 0 Å². The number of nitrogens with zero attached hydrogens (tertiary/aromatic N) is 3. The minimum atomic E-state index is -1.37. The summed E-state index contributed by atoms with van der Waals surface area (Å²) in [5, 5.41) is 31.4. The van der Waals surface area contributed by atoms with E-state index in [1.165, 1.54) is 13.1 Å². The molecular weight excluding hydrogens is 278 g/mol. The normalized spacial score (nSPS) is 19.0. The summed E-state index contributed by atoms with van der Waals surface area (Å²) in [4.78, 5) is 22.9. The van der Waals surface area contributed by atoms with Gasteiger partial charge in [-0.25, -0.2) is 9.48 Å². The van der Waals surface area contributed by atoms with E-state index < -0.39 is 24.0 Å². The Labute approximate surface area is 121 Å². The summed E-state index contributed by atoms with van der Waals surface area (Å²) in [5.41, 5.74) is 0.0421. The first-order valence-corrected chi connectivity index (χ1v) is 6.83. The number of hydrogen-bond donors (Lipinski definition) is 4. The highest BCUT2D eigenvalue weighted by Gasteiger charge is 2.27. The van der Waals surface area contributed by atoms with Crippen LogP contribution in [0.1, 0.15) is 36.3 Å². The average molecular weight is 297 g/mol. The molecule has 0 saturated carbocycles. The number of hydrogen-bond acceptors (Lipinski definition) is 6. The molecule has 21 heavy (non-hydrogen) atoms. The highest BCUT2D eigenvalue weighted by molar-refractivity contribution is 5.94. The minimum Gasteiger partial charge on any atom is -0.480 e. The number of nitrogens with one attached hydrogen (secondary N) is 2. The molecule has 2 rings (SSSR count). The summed E-state index contributed by atoms with van der Waals surface area (Å²) in [7, 11) is 0. The number of piperidine rings is 1. The average Bonchev–Trinajstić information content (AvgIpc) is 2.94. The molecule has 4 N–H and O–H groups in total. The summed E-state index contributed by atoms with van der Waals surface area (Å²) >= 11 is 0. The molecule has 2 atom stereocenters. The molecule has 0 aromatic carbocycles. The van der Waals surface area contributed by atoms with E-state index in [0.717, 1.165) is 25.9 Å². The van der Waals surface area contributed by atoms with Gasteiger partial charge in [0.2, 0.25) is 0 Å². The topological polar surface area (TPSA) is 129 Å². The van der Waals surface area contributed by atoms with Gasteiger partial charge in [0.25, 0.3) is 5.91 Å². The molecule has 1 aliphatic rings. The second-order valence-corrected chi connectivity index (χ2v) is 5.09. The van der Waals surface area contributed by atoms with E-state index in [1.54, 1.807) is 4.68 Å².